The summed E-state index contributed by atoms with van der Waals surface area (Å²) in [5, 5.41) is 0. The van der Waals surface area contributed by atoms with Gasteiger partial charge in [0.15, 0.2) is 5.78 Å². The Kier molecular flexibility index (Phi) is 4.61. The van der Waals surface area contributed by atoms with Gasteiger partial charge in [0.05, 0.1) is 14.2 Å². The van der Waals surface area contributed by atoms with Gasteiger partial charge in [-0.25, -0.2) is 0 Å². The molecule has 1 aromatic carbocycles. The Balaban J connectivity index is 2.32. The number of carbonyl (C=O) groups is 1. The fourth-order valence-electron chi connectivity index (χ4n) is 2.50. The molecule has 1 saturated carbocycles. The normalized spacial score (nSPS) is 14.9. The van der Waals surface area contributed by atoms with Gasteiger partial charge in [0, 0.05) is 0 Å². The molecule has 0 aliphatic heterocycles. The molecule has 1 fully saturated rings. The van der Waals surface area contributed by atoms with Crippen molar-refractivity contribution in [1.82, 2.24) is 0 Å². The molecule has 0 aromatic heterocycles. The molecule has 0 heterocycles. The van der Waals surface area contributed by atoms with Crippen molar-refractivity contribution in [1.29, 1.82) is 0 Å². The van der Waals surface area contributed by atoms with E-state index in [1.807, 2.05) is 6.07 Å². The number of methoxy groups -OCH3 is 2. The number of benzene rings is 1. The fourth-order valence-corrected chi connectivity index (χ4v) is 2.50. The number of hydrogen-bond donors (Lipinski definition) is 0. The zero-order valence-corrected chi connectivity index (χ0v) is 11.6. The lowest BCUT2D eigenvalue weighted by Gasteiger charge is -2.14. The van der Waals surface area contributed by atoms with Crippen LogP contribution in [0.3, 0.4) is 0 Å². The second-order valence-corrected chi connectivity index (χ2v) is 4.77. The molecule has 2 rings (SSSR count). The van der Waals surface area contributed by atoms with E-state index in [1.165, 1.54) is 24.8 Å². The Labute approximate surface area is 114 Å². The Morgan fingerprint density at radius 3 is 2.16 bits per heavy atom. The highest BCUT2D eigenvalue weighted by atomic mass is 16.5. The second-order valence-electron chi connectivity index (χ2n) is 4.77. The lowest BCUT2D eigenvalue weighted by Crippen LogP contribution is -2.04. The van der Waals surface area contributed by atoms with Crippen molar-refractivity contribution in [3.05, 3.63) is 35.4 Å². The number of carbonyl (C=O) groups excluding carboxylic acids is 1. The standard InChI is InChI=1S/C16H20O3/c1-18-14-9-6-10-15(19-2)16(14)13(17)11-12-7-4-3-5-8-12/h6,9-11H,3-5,7-8H2,1-2H3. The van der Waals surface area contributed by atoms with Crippen LogP contribution in [-0.4, -0.2) is 20.0 Å². The molecule has 102 valence electrons. The van der Waals surface area contributed by atoms with Crippen LogP contribution in [0.4, 0.5) is 0 Å². The van der Waals surface area contributed by atoms with Gasteiger partial charge in [-0.2, -0.15) is 0 Å². The largest absolute Gasteiger partial charge is 0.496 e. The van der Waals surface area contributed by atoms with Crippen LogP contribution in [0.1, 0.15) is 42.5 Å². The van der Waals surface area contributed by atoms with Gasteiger partial charge in [0.25, 0.3) is 0 Å². The Morgan fingerprint density at radius 1 is 1.05 bits per heavy atom. The molecule has 19 heavy (non-hydrogen) atoms. The van der Waals surface area contributed by atoms with Crippen molar-refractivity contribution in [3.63, 3.8) is 0 Å². The predicted octanol–water partition coefficient (Wildman–Crippen LogP) is 3.78. The summed E-state index contributed by atoms with van der Waals surface area (Å²) < 4.78 is 10.5. The Morgan fingerprint density at radius 2 is 1.63 bits per heavy atom. The monoisotopic (exact) mass is 260 g/mol. The highest BCUT2D eigenvalue weighted by molar-refractivity contribution is 6.09. The van der Waals surface area contributed by atoms with Gasteiger partial charge in [-0.05, 0) is 43.9 Å². The molecule has 0 spiro atoms. The summed E-state index contributed by atoms with van der Waals surface area (Å²) in [6.07, 6.45) is 7.46. The quantitative estimate of drug-likeness (QED) is 0.610. The summed E-state index contributed by atoms with van der Waals surface area (Å²) in [4.78, 5) is 12.4. The number of ether oxygens (including phenoxy) is 2. The number of hydrogen-bond acceptors (Lipinski definition) is 3. The lowest BCUT2D eigenvalue weighted by molar-refractivity contribution is 0.103. The highest BCUT2D eigenvalue weighted by Gasteiger charge is 2.17. The average molecular weight is 260 g/mol. The average Bonchev–Trinajstić information content (AvgIpc) is 2.47. The molecule has 3 heteroatoms. The lowest BCUT2D eigenvalue weighted by atomic mass is 9.93. The molecule has 0 atom stereocenters. The smallest absolute Gasteiger partial charge is 0.193 e. The van der Waals surface area contributed by atoms with E-state index in [0.29, 0.717) is 17.1 Å². The van der Waals surface area contributed by atoms with E-state index in [-0.39, 0.29) is 5.78 Å². The van der Waals surface area contributed by atoms with E-state index in [0.717, 1.165) is 12.8 Å². The zero-order chi connectivity index (χ0) is 13.7. The fraction of sp³-hybridized carbons (Fsp3) is 0.438. The van der Waals surface area contributed by atoms with Crippen LogP contribution in [0.5, 0.6) is 11.5 Å². The molecule has 0 radical (unpaired) electrons. The first-order valence-electron chi connectivity index (χ1n) is 6.71. The van der Waals surface area contributed by atoms with E-state index in [2.05, 4.69) is 0 Å². The second kappa shape index (κ2) is 6.41. The van der Waals surface area contributed by atoms with E-state index in [9.17, 15) is 4.79 Å². The molecule has 0 N–H and O–H groups in total. The van der Waals surface area contributed by atoms with Crippen LogP contribution in [0, 0.1) is 0 Å². The van der Waals surface area contributed by atoms with E-state index >= 15 is 0 Å². The molecule has 0 saturated heterocycles. The number of allylic oxidation sites excluding steroid dienone is 2. The van der Waals surface area contributed by atoms with Gasteiger partial charge in [-0.3, -0.25) is 4.79 Å². The van der Waals surface area contributed by atoms with Gasteiger partial charge in [0.2, 0.25) is 0 Å². The van der Waals surface area contributed by atoms with Crippen LogP contribution < -0.4 is 9.47 Å². The summed E-state index contributed by atoms with van der Waals surface area (Å²) in [6, 6.07) is 5.40. The molecule has 0 unspecified atom stereocenters. The summed E-state index contributed by atoms with van der Waals surface area (Å²) in [6.45, 7) is 0. The third kappa shape index (κ3) is 3.16. The van der Waals surface area contributed by atoms with Crippen molar-refractivity contribution >= 4 is 5.78 Å². The van der Waals surface area contributed by atoms with Crippen LogP contribution in [0.2, 0.25) is 0 Å². The molecule has 1 aliphatic rings. The van der Waals surface area contributed by atoms with Gasteiger partial charge in [-0.1, -0.05) is 18.1 Å². The summed E-state index contributed by atoms with van der Waals surface area (Å²) in [5.74, 6) is 1.11. The van der Waals surface area contributed by atoms with Gasteiger partial charge >= 0.3 is 0 Å². The molecule has 3 nitrogen and oxygen atoms in total. The highest BCUT2D eigenvalue weighted by Crippen LogP contribution is 2.30. The summed E-state index contributed by atoms with van der Waals surface area (Å²) in [7, 11) is 3.14. The van der Waals surface area contributed by atoms with Gasteiger partial charge in [0.1, 0.15) is 17.1 Å². The SMILES string of the molecule is COc1cccc(OC)c1C(=O)C=C1CCCCC1. The van der Waals surface area contributed by atoms with E-state index in [1.54, 1.807) is 32.4 Å². The maximum atomic E-state index is 12.4. The molecule has 1 aromatic rings. The predicted molar refractivity (Wildman–Crippen MR) is 75.0 cm³/mol. The first-order chi connectivity index (χ1) is 9.26. The summed E-state index contributed by atoms with van der Waals surface area (Å²) in [5.41, 5.74) is 1.76. The minimum atomic E-state index is -0.0220. The van der Waals surface area contributed by atoms with E-state index in [4.69, 9.17) is 9.47 Å². The van der Waals surface area contributed by atoms with Crippen molar-refractivity contribution in [3.8, 4) is 11.5 Å². The topological polar surface area (TPSA) is 35.5 Å². The molecular weight excluding hydrogens is 240 g/mol. The minimum Gasteiger partial charge on any atom is -0.496 e. The summed E-state index contributed by atoms with van der Waals surface area (Å²) >= 11 is 0. The van der Waals surface area contributed by atoms with Crippen molar-refractivity contribution in [2.75, 3.05) is 14.2 Å². The van der Waals surface area contributed by atoms with E-state index < -0.39 is 0 Å². The third-order valence-corrected chi connectivity index (χ3v) is 3.51. The van der Waals surface area contributed by atoms with Crippen LogP contribution in [-0.2, 0) is 0 Å². The number of ketones is 1. The number of rotatable bonds is 4. The Bertz CT molecular complexity index is 459. The minimum absolute atomic E-state index is 0.0220. The van der Waals surface area contributed by atoms with Crippen LogP contribution in [0.25, 0.3) is 0 Å². The Hall–Kier alpha value is -1.77. The third-order valence-electron chi connectivity index (χ3n) is 3.51. The van der Waals surface area contributed by atoms with Crippen molar-refractivity contribution in [2.24, 2.45) is 0 Å². The molecule has 0 amide bonds. The van der Waals surface area contributed by atoms with Crippen LogP contribution >= 0.6 is 0 Å². The molecular formula is C16H20O3. The maximum absolute atomic E-state index is 12.4. The first kappa shape index (κ1) is 13.7. The molecule has 1 aliphatic carbocycles. The molecule has 0 bridgehead atoms. The van der Waals surface area contributed by atoms with Crippen molar-refractivity contribution < 1.29 is 14.3 Å². The van der Waals surface area contributed by atoms with Gasteiger partial charge < -0.3 is 9.47 Å². The maximum Gasteiger partial charge on any atom is 0.193 e. The van der Waals surface area contributed by atoms with Crippen molar-refractivity contribution in [2.45, 2.75) is 32.1 Å². The van der Waals surface area contributed by atoms with Crippen LogP contribution in [0.15, 0.2) is 29.8 Å². The van der Waals surface area contributed by atoms with Gasteiger partial charge in [-0.15, -0.1) is 0 Å². The zero-order valence-electron chi connectivity index (χ0n) is 11.6. The first-order valence-corrected chi connectivity index (χ1v) is 6.71.